The van der Waals surface area contributed by atoms with Gasteiger partial charge in [0.1, 0.15) is 5.54 Å². The Bertz CT molecular complexity index is 996. The minimum absolute atomic E-state index is 0.00342. The standard InChI is InChI=1S/C27H34N4O2/c1-20-12-17-30(18-13-20)24-9-7-23(8-10-24)29-22-5-3-21(4-6-22)19-28-26(33)27-14-2-16-31(27)25(32)11-15-27/h3-10,20,29H,2,11-19H2,1H3,(H,28,33). The minimum atomic E-state index is -0.600. The molecule has 0 saturated carbocycles. The Morgan fingerprint density at radius 3 is 2.33 bits per heavy atom. The SMILES string of the molecule is CC1CCN(c2ccc(Nc3ccc(CNC(=O)C45CCCN4C(=O)CC5)cc3)cc2)CC1. The van der Waals surface area contributed by atoms with Crippen LogP contribution in [0.4, 0.5) is 17.1 Å². The van der Waals surface area contributed by atoms with Crippen LogP contribution in [0.2, 0.25) is 0 Å². The summed E-state index contributed by atoms with van der Waals surface area (Å²) in [6, 6.07) is 16.8. The van der Waals surface area contributed by atoms with Gasteiger partial charge in [0, 0.05) is 49.7 Å². The minimum Gasteiger partial charge on any atom is -0.372 e. The third-order valence-corrected chi connectivity index (χ3v) is 7.68. The summed E-state index contributed by atoms with van der Waals surface area (Å²) in [5.41, 5.74) is 3.83. The number of anilines is 3. The molecule has 0 bridgehead atoms. The lowest BCUT2D eigenvalue weighted by atomic mass is 9.93. The first kappa shape index (κ1) is 21.8. The molecule has 174 valence electrons. The molecular formula is C27H34N4O2. The molecule has 6 nitrogen and oxygen atoms in total. The molecule has 3 fully saturated rings. The van der Waals surface area contributed by atoms with Crippen LogP contribution < -0.4 is 15.5 Å². The number of nitrogens with one attached hydrogen (secondary N) is 2. The van der Waals surface area contributed by atoms with Gasteiger partial charge in [0.05, 0.1) is 0 Å². The van der Waals surface area contributed by atoms with E-state index in [0.717, 1.165) is 48.8 Å². The van der Waals surface area contributed by atoms with Crippen molar-refractivity contribution in [1.82, 2.24) is 10.2 Å². The molecule has 2 aromatic carbocycles. The molecule has 1 atom stereocenters. The molecule has 3 heterocycles. The van der Waals surface area contributed by atoms with E-state index in [9.17, 15) is 9.59 Å². The molecule has 0 aromatic heterocycles. The van der Waals surface area contributed by atoms with E-state index in [1.165, 1.54) is 18.5 Å². The maximum Gasteiger partial charge on any atom is 0.246 e. The Hall–Kier alpha value is -3.02. The topological polar surface area (TPSA) is 64.7 Å². The van der Waals surface area contributed by atoms with Gasteiger partial charge < -0.3 is 20.4 Å². The van der Waals surface area contributed by atoms with E-state index in [1.807, 2.05) is 24.3 Å². The first-order valence-corrected chi connectivity index (χ1v) is 12.3. The Kier molecular flexibility index (Phi) is 6.00. The van der Waals surface area contributed by atoms with E-state index >= 15 is 0 Å². The van der Waals surface area contributed by atoms with Crippen LogP contribution in [0, 0.1) is 5.92 Å². The van der Waals surface area contributed by atoms with Crippen LogP contribution in [0.1, 0.15) is 51.0 Å². The zero-order valence-corrected chi connectivity index (χ0v) is 19.5. The maximum absolute atomic E-state index is 12.9. The van der Waals surface area contributed by atoms with E-state index in [2.05, 4.69) is 46.7 Å². The Balaban J connectivity index is 1.14. The van der Waals surface area contributed by atoms with Crippen LogP contribution in [-0.2, 0) is 16.1 Å². The number of hydrogen-bond donors (Lipinski definition) is 2. The Morgan fingerprint density at radius 1 is 0.970 bits per heavy atom. The summed E-state index contributed by atoms with van der Waals surface area (Å²) in [5, 5.41) is 6.54. The number of hydrogen-bond acceptors (Lipinski definition) is 4. The summed E-state index contributed by atoms with van der Waals surface area (Å²) in [4.78, 5) is 29.3. The maximum atomic E-state index is 12.9. The number of carbonyl (C=O) groups excluding carboxylic acids is 2. The quantitative estimate of drug-likeness (QED) is 0.689. The molecule has 3 saturated heterocycles. The summed E-state index contributed by atoms with van der Waals surface area (Å²) in [7, 11) is 0. The van der Waals surface area contributed by atoms with E-state index in [4.69, 9.17) is 0 Å². The third-order valence-electron chi connectivity index (χ3n) is 7.68. The second kappa shape index (κ2) is 9.08. The highest BCUT2D eigenvalue weighted by Gasteiger charge is 2.53. The number of carbonyl (C=O) groups is 2. The van der Waals surface area contributed by atoms with E-state index < -0.39 is 5.54 Å². The molecular weight excluding hydrogens is 412 g/mol. The fraction of sp³-hybridized carbons (Fsp3) is 0.481. The number of rotatable bonds is 6. The normalized spacial score (nSPS) is 23.0. The Labute approximate surface area is 196 Å². The van der Waals surface area contributed by atoms with Crippen LogP contribution in [-0.4, -0.2) is 41.9 Å². The second-order valence-electron chi connectivity index (χ2n) is 9.90. The van der Waals surface area contributed by atoms with E-state index in [0.29, 0.717) is 25.9 Å². The van der Waals surface area contributed by atoms with Crippen molar-refractivity contribution in [2.45, 2.75) is 57.5 Å². The lowest BCUT2D eigenvalue weighted by molar-refractivity contribution is -0.138. The highest BCUT2D eigenvalue weighted by atomic mass is 16.2. The van der Waals surface area contributed by atoms with Gasteiger partial charge in [-0.25, -0.2) is 0 Å². The lowest BCUT2D eigenvalue weighted by Gasteiger charge is -2.32. The molecule has 2 amide bonds. The summed E-state index contributed by atoms with van der Waals surface area (Å²) in [6.45, 7) is 5.81. The molecule has 3 aliphatic rings. The van der Waals surface area contributed by atoms with Gasteiger partial charge in [-0.1, -0.05) is 19.1 Å². The van der Waals surface area contributed by atoms with Crippen LogP contribution in [0.3, 0.4) is 0 Å². The molecule has 5 rings (SSSR count). The van der Waals surface area contributed by atoms with E-state index in [1.54, 1.807) is 4.90 Å². The zero-order valence-electron chi connectivity index (χ0n) is 19.5. The smallest absolute Gasteiger partial charge is 0.246 e. The van der Waals surface area contributed by atoms with Gasteiger partial charge in [-0.2, -0.15) is 0 Å². The predicted octanol–water partition coefficient (Wildman–Crippen LogP) is 4.44. The average molecular weight is 447 g/mol. The summed E-state index contributed by atoms with van der Waals surface area (Å²) < 4.78 is 0. The number of fused-ring (bicyclic) bond motifs is 1. The molecule has 1 unspecified atom stereocenters. The van der Waals surface area contributed by atoms with Crippen molar-refractivity contribution in [3.05, 3.63) is 54.1 Å². The molecule has 3 aliphatic heterocycles. The van der Waals surface area contributed by atoms with Crippen LogP contribution in [0.15, 0.2) is 48.5 Å². The van der Waals surface area contributed by atoms with Gasteiger partial charge >= 0.3 is 0 Å². The largest absolute Gasteiger partial charge is 0.372 e. The highest BCUT2D eigenvalue weighted by molar-refractivity contribution is 5.95. The molecule has 0 aliphatic carbocycles. The van der Waals surface area contributed by atoms with E-state index in [-0.39, 0.29) is 11.8 Å². The first-order chi connectivity index (χ1) is 16.0. The van der Waals surface area contributed by atoms with Crippen LogP contribution in [0.5, 0.6) is 0 Å². The monoisotopic (exact) mass is 446 g/mol. The van der Waals surface area contributed by atoms with Gasteiger partial charge in [0.15, 0.2) is 0 Å². The summed E-state index contributed by atoms with van der Waals surface area (Å²) >= 11 is 0. The number of amides is 2. The average Bonchev–Trinajstić information content (AvgIpc) is 3.41. The van der Waals surface area contributed by atoms with Crippen molar-refractivity contribution < 1.29 is 9.59 Å². The zero-order chi connectivity index (χ0) is 22.8. The van der Waals surface area contributed by atoms with Crippen molar-refractivity contribution in [2.75, 3.05) is 29.9 Å². The predicted molar refractivity (Wildman–Crippen MR) is 132 cm³/mol. The summed E-state index contributed by atoms with van der Waals surface area (Å²) in [6.07, 6.45) is 5.37. The fourth-order valence-corrected chi connectivity index (χ4v) is 5.54. The van der Waals surface area contributed by atoms with Gasteiger partial charge in [-0.15, -0.1) is 0 Å². The second-order valence-corrected chi connectivity index (χ2v) is 9.90. The van der Waals surface area contributed by atoms with Crippen LogP contribution >= 0.6 is 0 Å². The van der Waals surface area contributed by atoms with Gasteiger partial charge in [-0.05, 0) is 80.0 Å². The molecule has 0 radical (unpaired) electrons. The van der Waals surface area contributed by atoms with Crippen molar-refractivity contribution in [3.8, 4) is 0 Å². The molecule has 6 heteroatoms. The molecule has 2 N–H and O–H groups in total. The summed E-state index contributed by atoms with van der Waals surface area (Å²) in [5.74, 6) is 0.954. The van der Waals surface area contributed by atoms with Crippen molar-refractivity contribution in [1.29, 1.82) is 0 Å². The third kappa shape index (κ3) is 4.43. The molecule has 33 heavy (non-hydrogen) atoms. The van der Waals surface area contributed by atoms with Gasteiger partial charge in [-0.3, -0.25) is 9.59 Å². The molecule has 2 aromatic rings. The first-order valence-electron chi connectivity index (χ1n) is 12.3. The highest BCUT2D eigenvalue weighted by Crippen LogP contribution is 2.39. The lowest BCUT2D eigenvalue weighted by Crippen LogP contribution is -2.52. The van der Waals surface area contributed by atoms with Crippen LogP contribution in [0.25, 0.3) is 0 Å². The van der Waals surface area contributed by atoms with Crippen molar-refractivity contribution in [2.24, 2.45) is 5.92 Å². The number of nitrogens with zero attached hydrogens (tertiary/aromatic N) is 2. The number of piperidine rings is 1. The van der Waals surface area contributed by atoms with Gasteiger partial charge in [0.25, 0.3) is 0 Å². The number of benzene rings is 2. The molecule has 0 spiro atoms. The van der Waals surface area contributed by atoms with Crippen molar-refractivity contribution in [3.63, 3.8) is 0 Å². The van der Waals surface area contributed by atoms with Gasteiger partial charge in [0.2, 0.25) is 11.8 Å². The van der Waals surface area contributed by atoms with Crippen molar-refractivity contribution >= 4 is 28.9 Å². The fourth-order valence-electron chi connectivity index (χ4n) is 5.54. The Morgan fingerprint density at radius 2 is 1.64 bits per heavy atom.